The molecule has 3 rings (SSSR count). The van der Waals surface area contributed by atoms with Crippen molar-refractivity contribution in [3.8, 4) is 5.88 Å². The van der Waals surface area contributed by atoms with Crippen LogP contribution in [0.4, 0.5) is 4.79 Å². The third-order valence-corrected chi connectivity index (χ3v) is 4.29. The monoisotopic (exact) mass is 360 g/mol. The molecule has 2 aromatic rings. The largest absolute Gasteiger partial charge is 0.470 e. The topological polar surface area (TPSA) is 86.0 Å². The first-order valence-corrected chi connectivity index (χ1v) is 8.72. The van der Waals surface area contributed by atoms with Gasteiger partial charge in [0.05, 0.1) is 12.7 Å². The van der Waals surface area contributed by atoms with Gasteiger partial charge in [-0.2, -0.15) is 0 Å². The lowest BCUT2D eigenvalue weighted by atomic mass is 10.0. The number of aromatic nitrogens is 3. The summed E-state index contributed by atoms with van der Waals surface area (Å²) in [6.07, 6.45) is 6.49. The molecule has 2 atom stereocenters. The molecule has 1 aliphatic rings. The maximum absolute atomic E-state index is 12.5. The van der Waals surface area contributed by atoms with Gasteiger partial charge in [0.15, 0.2) is 6.29 Å². The molecule has 1 saturated heterocycles. The molecule has 0 spiro atoms. The zero-order valence-electron chi connectivity index (χ0n) is 15.5. The van der Waals surface area contributed by atoms with E-state index in [0.29, 0.717) is 23.8 Å². The van der Waals surface area contributed by atoms with Crippen LogP contribution in [0.15, 0.2) is 18.6 Å². The number of likely N-dealkylation sites (tertiary alicyclic amines) is 1. The van der Waals surface area contributed by atoms with Crippen LogP contribution in [0.25, 0.3) is 5.65 Å². The van der Waals surface area contributed by atoms with Gasteiger partial charge in [-0.1, -0.05) is 0 Å². The van der Waals surface area contributed by atoms with Gasteiger partial charge in [-0.25, -0.2) is 14.8 Å². The van der Waals surface area contributed by atoms with E-state index in [2.05, 4.69) is 9.97 Å². The second kappa shape index (κ2) is 6.93. The number of ether oxygens (including phenoxy) is 2. The molecule has 0 saturated carbocycles. The summed E-state index contributed by atoms with van der Waals surface area (Å²) in [7, 11) is 0. The molecule has 0 bridgehead atoms. The van der Waals surface area contributed by atoms with E-state index in [9.17, 15) is 9.59 Å². The molecule has 8 nitrogen and oxygen atoms in total. The van der Waals surface area contributed by atoms with Crippen molar-refractivity contribution < 1.29 is 19.1 Å². The van der Waals surface area contributed by atoms with E-state index in [1.54, 1.807) is 21.7 Å². The maximum atomic E-state index is 12.5. The van der Waals surface area contributed by atoms with Gasteiger partial charge >= 0.3 is 6.09 Å². The Balaban J connectivity index is 1.75. The van der Waals surface area contributed by atoms with Crippen LogP contribution in [0.5, 0.6) is 5.88 Å². The molecule has 0 aromatic carbocycles. The minimum absolute atomic E-state index is 0.0848. The summed E-state index contributed by atoms with van der Waals surface area (Å²) in [6, 6.07) is 0.0848. The fourth-order valence-electron chi connectivity index (χ4n) is 2.99. The number of carbonyl (C=O) groups excluding carboxylic acids is 2. The van der Waals surface area contributed by atoms with Crippen molar-refractivity contribution in [1.82, 2.24) is 19.3 Å². The summed E-state index contributed by atoms with van der Waals surface area (Å²) >= 11 is 0. The first kappa shape index (κ1) is 18.2. The molecule has 140 valence electrons. The van der Waals surface area contributed by atoms with Gasteiger partial charge in [0.1, 0.15) is 17.4 Å². The molecule has 0 N–H and O–H groups in total. The molecule has 0 aliphatic carbocycles. The Labute approximate surface area is 152 Å². The van der Waals surface area contributed by atoms with Gasteiger partial charge in [-0.3, -0.25) is 9.20 Å². The van der Waals surface area contributed by atoms with Crippen LogP contribution < -0.4 is 4.74 Å². The molecule has 2 aromatic heterocycles. The Hall–Kier alpha value is -2.64. The van der Waals surface area contributed by atoms with Gasteiger partial charge in [0.2, 0.25) is 5.65 Å². The standard InChI is InChI=1S/C18H24N4O4/c1-12-5-6-14(10-22(12)17(24)26-18(2,3)4)25-16-15-20-9-13(11-23)21(15)8-7-19-16/h7-9,11-12,14H,5-6,10H2,1-4H3/t12-,14-/m1/s1. The Morgan fingerprint density at radius 1 is 1.31 bits per heavy atom. The average molecular weight is 360 g/mol. The van der Waals surface area contributed by atoms with E-state index in [1.165, 1.54) is 6.20 Å². The van der Waals surface area contributed by atoms with Gasteiger partial charge < -0.3 is 14.4 Å². The van der Waals surface area contributed by atoms with E-state index in [-0.39, 0.29) is 18.2 Å². The van der Waals surface area contributed by atoms with Crippen molar-refractivity contribution in [2.24, 2.45) is 0 Å². The fourth-order valence-corrected chi connectivity index (χ4v) is 2.99. The van der Waals surface area contributed by atoms with Crippen molar-refractivity contribution in [3.63, 3.8) is 0 Å². The number of hydrogen-bond acceptors (Lipinski definition) is 6. The van der Waals surface area contributed by atoms with Crippen LogP contribution in [-0.4, -0.2) is 55.9 Å². The lowest BCUT2D eigenvalue weighted by Gasteiger charge is -2.38. The van der Waals surface area contributed by atoms with Gasteiger partial charge in [-0.15, -0.1) is 0 Å². The maximum Gasteiger partial charge on any atom is 0.410 e. The highest BCUT2D eigenvalue weighted by Gasteiger charge is 2.33. The SMILES string of the molecule is C[C@@H]1CC[C@@H](Oc2nccn3c(C=O)cnc23)CN1C(=O)OC(C)(C)C. The molecule has 1 fully saturated rings. The van der Waals surface area contributed by atoms with Crippen LogP contribution >= 0.6 is 0 Å². The fraction of sp³-hybridized carbons (Fsp3) is 0.556. The van der Waals surface area contributed by atoms with E-state index in [4.69, 9.17) is 9.47 Å². The summed E-state index contributed by atoms with van der Waals surface area (Å²) in [5, 5.41) is 0. The highest BCUT2D eigenvalue weighted by Crippen LogP contribution is 2.25. The van der Waals surface area contributed by atoms with E-state index >= 15 is 0 Å². The normalized spacial score (nSPS) is 20.8. The van der Waals surface area contributed by atoms with Crippen molar-refractivity contribution >= 4 is 18.0 Å². The number of piperidine rings is 1. The third-order valence-electron chi connectivity index (χ3n) is 4.29. The van der Waals surface area contributed by atoms with Crippen LogP contribution in [0, 0.1) is 0 Å². The van der Waals surface area contributed by atoms with E-state index in [0.717, 1.165) is 19.1 Å². The zero-order valence-corrected chi connectivity index (χ0v) is 15.5. The van der Waals surface area contributed by atoms with Gasteiger partial charge in [0.25, 0.3) is 5.88 Å². The number of hydrogen-bond donors (Lipinski definition) is 0. The van der Waals surface area contributed by atoms with Crippen molar-refractivity contribution in [3.05, 3.63) is 24.3 Å². The molecule has 8 heteroatoms. The van der Waals surface area contributed by atoms with Crippen molar-refractivity contribution in [2.75, 3.05) is 6.54 Å². The number of aldehydes is 1. The Bertz CT molecular complexity index is 811. The summed E-state index contributed by atoms with van der Waals surface area (Å²) in [4.78, 5) is 33.7. The number of imidazole rings is 1. The Kier molecular flexibility index (Phi) is 4.84. The minimum atomic E-state index is -0.543. The number of carbonyl (C=O) groups is 2. The quantitative estimate of drug-likeness (QED) is 0.782. The van der Waals surface area contributed by atoms with E-state index in [1.807, 2.05) is 27.7 Å². The lowest BCUT2D eigenvalue weighted by molar-refractivity contribution is -0.00582. The zero-order chi connectivity index (χ0) is 18.9. The summed E-state index contributed by atoms with van der Waals surface area (Å²) in [5.41, 5.74) is 0.371. The summed E-state index contributed by atoms with van der Waals surface area (Å²) < 4.78 is 13.2. The van der Waals surface area contributed by atoms with Crippen molar-refractivity contribution in [2.45, 2.75) is 58.3 Å². The number of nitrogens with zero attached hydrogens (tertiary/aromatic N) is 4. The number of amides is 1. The highest BCUT2D eigenvalue weighted by molar-refractivity contribution is 5.74. The minimum Gasteiger partial charge on any atom is -0.470 e. The smallest absolute Gasteiger partial charge is 0.410 e. The highest BCUT2D eigenvalue weighted by atomic mass is 16.6. The second-order valence-electron chi connectivity index (χ2n) is 7.53. The van der Waals surface area contributed by atoms with Gasteiger partial charge in [0, 0.05) is 18.4 Å². The molecular weight excluding hydrogens is 336 g/mol. The average Bonchev–Trinajstić information content (AvgIpc) is 2.99. The summed E-state index contributed by atoms with van der Waals surface area (Å²) in [5.74, 6) is 0.351. The predicted octanol–water partition coefficient (Wildman–Crippen LogP) is 2.71. The molecule has 26 heavy (non-hydrogen) atoms. The Morgan fingerprint density at radius 3 is 2.77 bits per heavy atom. The van der Waals surface area contributed by atoms with E-state index < -0.39 is 5.60 Å². The molecule has 0 unspecified atom stereocenters. The summed E-state index contributed by atoms with van der Waals surface area (Å²) in [6.45, 7) is 7.97. The van der Waals surface area contributed by atoms with Crippen molar-refractivity contribution in [1.29, 1.82) is 0 Å². The van der Waals surface area contributed by atoms with Crippen LogP contribution in [0.3, 0.4) is 0 Å². The molecule has 0 radical (unpaired) electrons. The number of fused-ring (bicyclic) bond motifs is 1. The predicted molar refractivity (Wildman–Crippen MR) is 94.4 cm³/mol. The molecular formula is C18H24N4O4. The van der Waals surface area contributed by atoms with Crippen LogP contribution in [-0.2, 0) is 4.74 Å². The molecule has 1 amide bonds. The Morgan fingerprint density at radius 2 is 2.08 bits per heavy atom. The molecule has 3 heterocycles. The lowest BCUT2D eigenvalue weighted by Crippen LogP contribution is -2.50. The number of rotatable bonds is 3. The van der Waals surface area contributed by atoms with Crippen LogP contribution in [0.1, 0.15) is 51.0 Å². The first-order valence-electron chi connectivity index (χ1n) is 8.72. The van der Waals surface area contributed by atoms with Crippen LogP contribution in [0.2, 0.25) is 0 Å². The van der Waals surface area contributed by atoms with Gasteiger partial charge in [-0.05, 0) is 40.5 Å². The first-order chi connectivity index (χ1) is 12.3. The third kappa shape index (κ3) is 3.79. The molecule has 1 aliphatic heterocycles. The second-order valence-corrected chi connectivity index (χ2v) is 7.53.